The van der Waals surface area contributed by atoms with E-state index in [2.05, 4.69) is 28.2 Å². The molecule has 0 saturated carbocycles. The molecule has 2 unspecified atom stereocenters. The minimum atomic E-state index is -0.549. The molecule has 7 amide bonds. The first-order valence-corrected chi connectivity index (χ1v) is 15.2. The van der Waals surface area contributed by atoms with E-state index in [1.807, 2.05) is 20.8 Å². The summed E-state index contributed by atoms with van der Waals surface area (Å²) in [5.41, 5.74) is 6.54. The van der Waals surface area contributed by atoms with Crippen molar-refractivity contribution in [2.24, 2.45) is 11.7 Å². The Balaban J connectivity index is 0. The largest absolute Gasteiger partial charge is 0.461 e. The molecule has 258 valence electrons. The number of rotatable bonds is 19. The number of ether oxygens (including phenoxy) is 1. The van der Waals surface area contributed by atoms with Crippen LogP contribution in [0.4, 0.5) is 10.5 Å². The molecule has 14 nitrogen and oxygen atoms in total. The van der Waals surface area contributed by atoms with Crippen molar-refractivity contribution in [1.29, 1.82) is 0 Å². The molecular formula is C32H52N6O8. The molecule has 0 spiro atoms. The van der Waals surface area contributed by atoms with Crippen LogP contribution in [0.1, 0.15) is 79.2 Å². The number of esters is 1. The summed E-state index contributed by atoms with van der Waals surface area (Å²) < 4.78 is 4.80. The number of urea groups is 1. The van der Waals surface area contributed by atoms with Crippen LogP contribution in [0.2, 0.25) is 0 Å². The zero-order valence-corrected chi connectivity index (χ0v) is 27.9. The fourth-order valence-electron chi connectivity index (χ4n) is 3.60. The average molecular weight is 649 g/mol. The molecule has 0 aliphatic heterocycles. The van der Waals surface area contributed by atoms with Crippen molar-refractivity contribution in [2.45, 2.75) is 92.3 Å². The van der Waals surface area contributed by atoms with E-state index in [1.165, 1.54) is 17.9 Å². The first-order chi connectivity index (χ1) is 21.9. The van der Waals surface area contributed by atoms with Crippen LogP contribution in [0, 0.1) is 5.92 Å². The normalized spacial score (nSPS) is 11.3. The monoisotopic (exact) mass is 648 g/mol. The summed E-state index contributed by atoms with van der Waals surface area (Å²) in [6.07, 6.45) is 9.25. The number of imide groups is 1. The molecule has 0 fully saturated rings. The lowest BCUT2D eigenvalue weighted by Crippen LogP contribution is -2.49. The van der Waals surface area contributed by atoms with Crippen molar-refractivity contribution in [3.63, 3.8) is 0 Å². The molecule has 46 heavy (non-hydrogen) atoms. The fourth-order valence-corrected chi connectivity index (χ4v) is 3.60. The van der Waals surface area contributed by atoms with E-state index in [1.54, 1.807) is 37.3 Å². The molecule has 2 atom stereocenters. The van der Waals surface area contributed by atoms with Crippen molar-refractivity contribution in [2.75, 3.05) is 18.4 Å². The van der Waals surface area contributed by atoms with Gasteiger partial charge in [-0.1, -0.05) is 51.8 Å². The maximum atomic E-state index is 11.9. The van der Waals surface area contributed by atoms with Crippen LogP contribution in [0.15, 0.2) is 36.4 Å². The van der Waals surface area contributed by atoms with Crippen LogP contribution in [0.5, 0.6) is 0 Å². The highest BCUT2D eigenvalue weighted by molar-refractivity contribution is 5.94. The average Bonchev–Trinajstić information content (AvgIpc) is 3.00. The third-order valence-corrected chi connectivity index (χ3v) is 6.04. The Morgan fingerprint density at radius 2 is 1.63 bits per heavy atom. The van der Waals surface area contributed by atoms with Crippen LogP contribution >= 0.6 is 0 Å². The quantitative estimate of drug-likeness (QED) is 0.0651. The van der Waals surface area contributed by atoms with Crippen molar-refractivity contribution in [3.05, 3.63) is 42.0 Å². The topological polar surface area (TPSA) is 206 Å². The SMILES string of the molecule is C/C=C\C(=O)N(C=O)CCCCC.CC(=O)OCc1ccc(NC=O)cc1.CC(CCCNC(N)=O)NC(=O)C(NC=O)C(C)C. The van der Waals surface area contributed by atoms with Crippen LogP contribution in [0.3, 0.4) is 0 Å². The molecule has 1 rings (SSSR count). The Kier molecular flexibility index (Phi) is 26.2. The number of nitrogens with two attached hydrogens (primary N) is 1. The molecule has 0 bridgehead atoms. The van der Waals surface area contributed by atoms with Gasteiger partial charge in [0.1, 0.15) is 12.6 Å². The van der Waals surface area contributed by atoms with E-state index >= 15 is 0 Å². The van der Waals surface area contributed by atoms with Crippen LogP contribution < -0.4 is 27.0 Å². The first kappa shape index (κ1) is 43.4. The Morgan fingerprint density at radius 3 is 2.11 bits per heavy atom. The van der Waals surface area contributed by atoms with Gasteiger partial charge in [-0.05, 0) is 62.8 Å². The van der Waals surface area contributed by atoms with Crippen molar-refractivity contribution >= 4 is 48.7 Å². The van der Waals surface area contributed by atoms with E-state index in [0.29, 0.717) is 38.0 Å². The van der Waals surface area contributed by atoms with E-state index in [0.717, 1.165) is 37.7 Å². The van der Waals surface area contributed by atoms with Gasteiger partial charge >= 0.3 is 12.0 Å². The van der Waals surface area contributed by atoms with Crippen molar-refractivity contribution < 1.29 is 38.3 Å². The second-order valence-corrected chi connectivity index (χ2v) is 10.4. The number of nitrogens with one attached hydrogen (secondary N) is 4. The number of hydrogen-bond acceptors (Lipinski definition) is 8. The number of carbonyl (C=O) groups excluding carboxylic acids is 7. The second-order valence-electron chi connectivity index (χ2n) is 10.4. The third-order valence-electron chi connectivity index (χ3n) is 6.04. The molecule has 0 saturated heterocycles. The minimum absolute atomic E-state index is 0.0222. The summed E-state index contributed by atoms with van der Waals surface area (Å²) in [7, 11) is 0. The molecule has 0 aromatic heterocycles. The molecule has 0 aliphatic carbocycles. The standard InChI is InChI=1S/C12H24N4O3.C10H11NO3.C10H17NO2/c1-8(2)10(15-7-17)11(18)16-9(3)5-4-6-14-12(13)19;1-8(13)14-6-9-2-4-10(5-3-9)11-7-12;1-3-5-6-8-11(9-12)10(13)7-4-2/h7-10H,4-6H2,1-3H3,(H,15,17)(H,16,18)(H3,13,14,19);2-5,7H,6H2,1H3,(H,11,12);4,7,9H,3,5-6,8H2,1-2H3/b;;7-4-. The number of allylic oxidation sites excluding steroid dienone is 1. The first-order valence-electron chi connectivity index (χ1n) is 15.2. The number of unbranched alkanes of at least 4 members (excludes halogenated alkanes) is 2. The molecule has 1 aromatic rings. The molecule has 0 aliphatic rings. The summed E-state index contributed by atoms with van der Waals surface area (Å²) in [5.74, 6) is -0.708. The van der Waals surface area contributed by atoms with Gasteiger partial charge in [0.25, 0.3) is 5.91 Å². The number of nitrogens with zero attached hydrogens (tertiary/aromatic N) is 1. The lowest BCUT2D eigenvalue weighted by molar-refractivity contribution is -0.142. The van der Waals surface area contributed by atoms with Crippen LogP contribution in [-0.4, -0.2) is 73.1 Å². The van der Waals surface area contributed by atoms with E-state index < -0.39 is 12.1 Å². The highest BCUT2D eigenvalue weighted by Crippen LogP contribution is 2.09. The van der Waals surface area contributed by atoms with E-state index in [-0.39, 0.29) is 36.4 Å². The smallest absolute Gasteiger partial charge is 0.312 e. The highest BCUT2D eigenvalue weighted by Gasteiger charge is 2.22. The van der Waals surface area contributed by atoms with Gasteiger partial charge in [-0.25, -0.2) is 4.79 Å². The molecule has 0 heterocycles. The lowest BCUT2D eigenvalue weighted by atomic mass is 10.0. The van der Waals surface area contributed by atoms with Gasteiger partial charge in [-0.2, -0.15) is 0 Å². The van der Waals surface area contributed by atoms with Crippen molar-refractivity contribution in [1.82, 2.24) is 20.9 Å². The van der Waals surface area contributed by atoms with Gasteiger partial charge in [-0.15, -0.1) is 0 Å². The number of benzene rings is 1. The maximum absolute atomic E-state index is 11.9. The summed E-state index contributed by atoms with van der Waals surface area (Å²) in [6.45, 7) is 12.1. The van der Waals surface area contributed by atoms with Gasteiger partial charge in [-0.3, -0.25) is 33.7 Å². The number of anilines is 1. The summed E-state index contributed by atoms with van der Waals surface area (Å²) in [6, 6.07) is 5.96. The maximum Gasteiger partial charge on any atom is 0.312 e. The third kappa shape index (κ3) is 23.7. The minimum Gasteiger partial charge on any atom is -0.461 e. The molecule has 1 aromatic carbocycles. The Morgan fingerprint density at radius 1 is 0.978 bits per heavy atom. The fraction of sp³-hybridized carbons (Fsp3) is 0.531. The van der Waals surface area contributed by atoms with Crippen LogP contribution in [0.25, 0.3) is 0 Å². The van der Waals surface area contributed by atoms with Gasteiger partial charge in [0.2, 0.25) is 25.1 Å². The number of amides is 7. The van der Waals surface area contributed by atoms with Crippen molar-refractivity contribution in [3.8, 4) is 0 Å². The number of carbonyl (C=O) groups is 7. The Hall–Kier alpha value is -4.75. The zero-order chi connectivity index (χ0) is 35.3. The molecule has 6 N–H and O–H groups in total. The van der Waals surface area contributed by atoms with E-state index in [9.17, 15) is 33.6 Å². The molecule has 0 radical (unpaired) electrons. The van der Waals surface area contributed by atoms with Crippen LogP contribution in [-0.2, 0) is 40.1 Å². The predicted molar refractivity (Wildman–Crippen MR) is 176 cm³/mol. The Labute approximate surface area is 272 Å². The van der Waals surface area contributed by atoms with Gasteiger partial charge < -0.3 is 31.7 Å². The summed E-state index contributed by atoms with van der Waals surface area (Å²) >= 11 is 0. The number of primary amides is 1. The van der Waals surface area contributed by atoms with E-state index in [4.69, 9.17) is 10.5 Å². The highest BCUT2D eigenvalue weighted by atomic mass is 16.5. The Bertz CT molecular complexity index is 1080. The van der Waals surface area contributed by atoms with Gasteiger partial charge in [0.15, 0.2) is 0 Å². The molecule has 14 heteroatoms. The summed E-state index contributed by atoms with van der Waals surface area (Å²) in [4.78, 5) is 76.3. The zero-order valence-electron chi connectivity index (χ0n) is 27.9. The van der Waals surface area contributed by atoms with Gasteiger partial charge in [0.05, 0.1) is 0 Å². The van der Waals surface area contributed by atoms with Gasteiger partial charge in [0, 0.05) is 31.7 Å². The predicted octanol–water partition coefficient (Wildman–Crippen LogP) is 2.77. The number of hydrogen-bond donors (Lipinski definition) is 5. The summed E-state index contributed by atoms with van der Waals surface area (Å²) in [5, 5.41) is 10.3. The molecular weight excluding hydrogens is 596 g/mol. The second kappa shape index (κ2) is 27.8. The lowest BCUT2D eigenvalue weighted by Gasteiger charge is -2.22.